The lowest BCUT2D eigenvalue weighted by atomic mass is 10.0. The minimum absolute atomic E-state index is 0.199. The number of carbonyl (C=O) groups is 1. The molecule has 1 atom stereocenters. The van der Waals surface area contributed by atoms with Crippen molar-refractivity contribution in [2.45, 2.75) is 39.7 Å². The summed E-state index contributed by atoms with van der Waals surface area (Å²) in [7, 11) is 0. The van der Waals surface area contributed by atoms with Gasteiger partial charge in [-0.2, -0.15) is 11.8 Å². The molecule has 23 heavy (non-hydrogen) atoms. The number of amides is 1. The normalized spacial score (nSPS) is 17.8. The standard InChI is InChI=1S/C19H30N2OS/c1-15-7-5-8-18(17(15)3)19(22)21-11-6-10-20(12-13-21)16(2)9-14-23-4/h5,7-8,16H,6,9-14H2,1-4H3. The highest BCUT2D eigenvalue weighted by Crippen LogP contribution is 2.17. The minimum atomic E-state index is 0.199. The number of carbonyl (C=O) groups excluding carboxylic acids is 1. The van der Waals surface area contributed by atoms with Gasteiger partial charge in [-0.1, -0.05) is 12.1 Å². The molecule has 2 rings (SSSR count). The number of rotatable bonds is 5. The fraction of sp³-hybridized carbons (Fsp3) is 0.632. The van der Waals surface area contributed by atoms with Crippen LogP contribution in [0.1, 0.15) is 41.3 Å². The first kappa shape index (κ1) is 18.3. The van der Waals surface area contributed by atoms with Crippen molar-refractivity contribution in [3.05, 3.63) is 34.9 Å². The van der Waals surface area contributed by atoms with E-state index < -0.39 is 0 Å². The van der Waals surface area contributed by atoms with Crippen molar-refractivity contribution in [2.24, 2.45) is 0 Å². The van der Waals surface area contributed by atoms with Crippen LogP contribution in [0.2, 0.25) is 0 Å². The minimum Gasteiger partial charge on any atom is -0.337 e. The maximum atomic E-state index is 12.9. The molecule has 1 amide bonds. The quantitative estimate of drug-likeness (QED) is 0.822. The molecule has 3 nitrogen and oxygen atoms in total. The highest BCUT2D eigenvalue weighted by atomic mass is 32.2. The second-order valence-corrected chi connectivity index (χ2v) is 7.55. The van der Waals surface area contributed by atoms with E-state index in [0.29, 0.717) is 6.04 Å². The third-order valence-corrected chi connectivity index (χ3v) is 5.66. The zero-order valence-corrected chi connectivity index (χ0v) is 15.8. The molecule has 1 unspecified atom stereocenters. The van der Waals surface area contributed by atoms with Crippen LogP contribution in [0, 0.1) is 13.8 Å². The number of thioether (sulfide) groups is 1. The van der Waals surface area contributed by atoms with Gasteiger partial charge >= 0.3 is 0 Å². The van der Waals surface area contributed by atoms with Gasteiger partial charge in [0.2, 0.25) is 0 Å². The van der Waals surface area contributed by atoms with Crippen LogP contribution in [-0.4, -0.2) is 59.9 Å². The van der Waals surface area contributed by atoms with Crippen molar-refractivity contribution >= 4 is 17.7 Å². The Morgan fingerprint density at radius 3 is 2.74 bits per heavy atom. The number of benzene rings is 1. The van der Waals surface area contributed by atoms with E-state index in [2.05, 4.69) is 38.0 Å². The van der Waals surface area contributed by atoms with Gasteiger partial charge < -0.3 is 4.90 Å². The lowest BCUT2D eigenvalue weighted by Crippen LogP contribution is -2.38. The Morgan fingerprint density at radius 2 is 2.00 bits per heavy atom. The van der Waals surface area contributed by atoms with Gasteiger partial charge in [-0.05, 0) is 62.8 Å². The summed E-state index contributed by atoms with van der Waals surface area (Å²) in [6.07, 6.45) is 4.46. The summed E-state index contributed by atoms with van der Waals surface area (Å²) in [6, 6.07) is 6.64. The van der Waals surface area contributed by atoms with Crippen molar-refractivity contribution in [3.63, 3.8) is 0 Å². The summed E-state index contributed by atoms with van der Waals surface area (Å²) in [6.45, 7) is 10.3. The first-order chi connectivity index (χ1) is 11.0. The predicted molar refractivity (Wildman–Crippen MR) is 100 cm³/mol. The Bertz CT molecular complexity index is 532. The Balaban J connectivity index is 2.00. The average Bonchev–Trinajstić information content (AvgIpc) is 2.80. The molecule has 0 aromatic heterocycles. The monoisotopic (exact) mass is 334 g/mol. The Morgan fingerprint density at radius 1 is 1.22 bits per heavy atom. The molecule has 0 aliphatic carbocycles. The zero-order valence-electron chi connectivity index (χ0n) is 15.0. The van der Waals surface area contributed by atoms with Crippen molar-refractivity contribution in [1.82, 2.24) is 9.80 Å². The lowest BCUT2D eigenvalue weighted by Gasteiger charge is -2.27. The van der Waals surface area contributed by atoms with Crippen LogP contribution in [0.5, 0.6) is 0 Å². The van der Waals surface area contributed by atoms with Crippen molar-refractivity contribution < 1.29 is 4.79 Å². The molecular formula is C19H30N2OS. The molecule has 128 valence electrons. The molecule has 1 aromatic carbocycles. The molecule has 1 saturated heterocycles. The number of nitrogens with zero attached hydrogens (tertiary/aromatic N) is 2. The van der Waals surface area contributed by atoms with Crippen LogP contribution in [0.4, 0.5) is 0 Å². The highest BCUT2D eigenvalue weighted by Gasteiger charge is 2.23. The molecule has 1 fully saturated rings. The van der Waals surface area contributed by atoms with E-state index in [1.54, 1.807) is 0 Å². The van der Waals surface area contributed by atoms with Gasteiger partial charge in [-0.3, -0.25) is 9.69 Å². The fourth-order valence-corrected chi connectivity index (χ4v) is 3.78. The van der Waals surface area contributed by atoms with Gasteiger partial charge in [0.25, 0.3) is 5.91 Å². The van der Waals surface area contributed by atoms with E-state index in [9.17, 15) is 4.79 Å². The maximum absolute atomic E-state index is 12.9. The van der Waals surface area contributed by atoms with Crippen LogP contribution in [-0.2, 0) is 0 Å². The molecule has 0 radical (unpaired) electrons. The van der Waals surface area contributed by atoms with Crippen molar-refractivity contribution in [2.75, 3.05) is 38.2 Å². The van der Waals surface area contributed by atoms with E-state index in [-0.39, 0.29) is 5.91 Å². The summed E-state index contributed by atoms with van der Waals surface area (Å²) in [4.78, 5) is 17.5. The van der Waals surface area contributed by atoms with E-state index in [1.807, 2.05) is 28.8 Å². The summed E-state index contributed by atoms with van der Waals surface area (Å²) < 4.78 is 0. The van der Waals surface area contributed by atoms with Gasteiger partial charge in [0.05, 0.1) is 0 Å². The van der Waals surface area contributed by atoms with Gasteiger partial charge in [-0.15, -0.1) is 0 Å². The number of aryl methyl sites for hydroxylation is 1. The Labute approximate surface area is 145 Å². The first-order valence-electron chi connectivity index (χ1n) is 8.63. The smallest absolute Gasteiger partial charge is 0.254 e. The number of hydrogen-bond acceptors (Lipinski definition) is 3. The molecule has 0 saturated carbocycles. The van der Waals surface area contributed by atoms with Crippen LogP contribution < -0.4 is 0 Å². The van der Waals surface area contributed by atoms with E-state index in [1.165, 1.54) is 17.7 Å². The van der Waals surface area contributed by atoms with Crippen molar-refractivity contribution in [3.8, 4) is 0 Å². The molecule has 0 spiro atoms. The zero-order chi connectivity index (χ0) is 16.8. The average molecular weight is 335 g/mol. The number of hydrogen-bond donors (Lipinski definition) is 0. The SMILES string of the molecule is CSCCC(C)N1CCCN(C(=O)c2cccc(C)c2C)CC1. The largest absolute Gasteiger partial charge is 0.337 e. The maximum Gasteiger partial charge on any atom is 0.254 e. The topological polar surface area (TPSA) is 23.6 Å². The molecule has 1 aliphatic rings. The Kier molecular flexibility index (Phi) is 6.97. The van der Waals surface area contributed by atoms with Gasteiger partial charge in [0, 0.05) is 37.8 Å². The molecule has 1 heterocycles. The molecule has 1 aromatic rings. The van der Waals surface area contributed by atoms with Gasteiger partial charge in [0.15, 0.2) is 0 Å². The summed E-state index contributed by atoms with van der Waals surface area (Å²) in [5, 5.41) is 0. The second-order valence-electron chi connectivity index (χ2n) is 6.56. The lowest BCUT2D eigenvalue weighted by molar-refractivity contribution is 0.0757. The van der Waals surface area contributed by atoms with E-state index in [4.69, 9.17) is 0 Å². The summed E-state index contributed by atoms with van der Waals surface area (Å²) in [5.41, 5.74) is 3.18. The summed E-state index contributed by atoms with van der Waals surface area (Å²) >= 11 is 1.91. The van der Waals surface area contributed by atoms with E-state index >= 15 is 0 Å². The molecule has 4 heteroatoms. The predicted octanol–water partition coefficient (Wildman–Crippen LogP) is 3.59. The van der Waals surface area contributed by atoms with Crippen LogP contribution >= 0.6 is 11.8 Å². The van der Waals surface area contributed by atoms with Crippen LogP contribution in [0.3, 0.4) is 0 Å². The molecular weight excluding hydrogens is 304 g/mol. The highest BCUT2D eigenvalue weighted by molar-refractivity contribution is 7.98. The molecule has 0 N–H and O–H groups in total. The fourth-order valence-electron chi connectivity index (χ4n) is 3.21. The molecule has 1 aliphatic heterocycles. The van der Waals surface area contributed by atoms with Crippen molar-refractivity contribution in [1.29, 1.82) is 0 Å². The van der Waals surface area contributed by atoms with Crippen LogP contribution in [0.25, 0.3) is 0 Å². The van der Waals surface area contributed by atoms with Gasteiger partial charge in [-0.25, -0.2) is 0 Å². The third kappa shape index (κ3) is 4.74. The first-order valence-corrected chi connectivity index (χ1v) is 10.0. The second kappa shape index (κ2) is 8.74. The Hall–Kier alpha value is -1.00. The third-order valence-electron chi connectivity index (χ3n) is 5.02. The summed E-state index contributed by atoms with van der Waals surface area (Å²) in [5.74, 6) is 1.41. The van der Waals surface area contributed by atoms with Crippen LogP contribution in [0.15, 0.2) is 18.2 Å². The van der Waals surface area contributed by atoms with E-state index in [0.717, 1.165) is 43.7 Å². The van der Waals surface area contributed by atoms with Gasteiger partial charge in [0.1, 0.15) is 0 Å². The molecule has 0 bridgehead atoms.